The van der Waals surface area contributed by atoms with Gasteiger partial charge in [-0.25, -0.2) is 0 Å². The first-order valence-electron chi connectivity index (χ1n) is 4.91. The first-order valence-corrected chi connectivity index (χ1v) is 4.91. The molecular weight excluding hydrogens is 225 g/mol. The number of aromatic nitrogens is 1. The van der Waals surface area contributed by atoms with E-state index >= 15 is 0 Å². The second-order valence-electron chi connectivity index (χ2n) is 3.84. The van der Waals surface area contributed by atoms with Gasteiger partial charge in [-0.15, -0.1) is 0 Å². The van der Waals surface area contributed by atoms with Crippen molar-refractivity contribution in [2.75, 3.05) is 0 Å². The van der Waals surface area contributed by atoms with Gasteiger partial charge in [-0.3, -0.25) is 0 Å². The Bertz CT molecular complexity index is 364. The van der Waals surface area contributed by atoms with Gasteiger partial charge in [0.1, 0.15) is 6.10 Å². The maximum absolute atomic E-state index is 12.2. The highest BCUT2D eigenvalue weighted by atomic mass is 19.4. The molecule has 2 N–H and O–H groups in total. The van der Waals surface area contributed by atoms with Gasteiger partial charge >= 0.3 is 6.18 Å². The smallest absolute Gasteiger partial charge is 0.452 e. The number of alkyl halides is 3. The van der Waals surface area contributed by atoms with Gasteiger partial charge in [-0.2, -0.15) is 13.2 Å². The van der Waals surface area contributed by atoms with Crippen LogP contribution in [0, 0.1) is 0 Å². The van der Waals surface area contributed by atoms with Gasteiger partial charge in [0.2, 0.25) is 5.76 Å². The lowest BCUT2D eigenvalue weighted by Crippen LogP contribution is -2.19. The van der Waals surface area contributed by atoms with Gasteiger partial charge in [0.25, 0.3) is 5.88 Å². The zero-order chi connectivity index (χ0) is 11.8. The SMILES string of the molecule is NC1CCC(Oc2cc(C(F)(F)F)on2)C1. The van der Waals surface area contributed by atoms with E-state index < -0.39 is 11.9 Å². The third-order valence-corrected chi connectivity index (χ3v) is 2.48. The van der Waals surface area contributed by atoms with E-state index in [1.54, 1.807) is 0 Å². The third kappa shape index (κ3) is 2.46. The first kappa shape index (κ1) is 11.3. The Balaban J connectivity index is 1.98. The van der Waals surface area contributed by atoms with Crippen molar-refractivity contribution in [1.82, 2.24) is 5.16 Å². The summed E-state index contributed by atoms with van der Waals surface area (Å²) in [6, 6.07) is 0.808. The standard InChI is InChI=1S/C9H11F3N2O2/c10-9(11,12)7-4-8(14-16-7)15-6-2-1-5(13)3-6/h4-6H,1-3,13H2. The van der Waals surface area contributed by atoms with Gasteiger partial charge in [0.15, 0.2) is 0 Å². The van der Waals surface area contributed by atoms with Crippen LogP contribution in [0.1, 0.15) is 25.0 Å². The van der Waals surface area contributed by atoms with E-state index in [0.717, 1.165) is 18.9 Å². The van der Waals surface area contributed by atoms with Crippen molar-refractivity contribution in [1.29, 1.82) is 0 Å². The van der Waals surface area contributed by atoms with Crippen molar-refractivity contribution < 1.29 is 22.4 Å². The molecule has 1 aromatic rings. The molecule has 0 saturated heterocycles. The minimum atomic E-state index is -4.53. The summed E-state index contributed by atoms with van der Waals surface area (Å²) in [5.74, 6) is -1.28. The molecule has 0 spiro atoms. The third-order valence-electron chi connectivity index (χ3n) is 2.48. The number of hydrogen-bond donors (Lipinski definition) is 1. The van der Waals surface area contributed by atoms with Gasteiger partial charge in [-0.05, 0) is 24.4 Å². The van der Waals surface area contributed by atoms with E-state index in [2.05, 4.69) is 9.68 Å². The van der Waals surface area contributed by atoms with Crippen molar-refractivity contribution in [2.24, 2.45) is 5.73 Å². The number of nitrogens with two attached hydrogens (primary N) is 1. The normalized spacial score (nSPS) is 26.0. The lowest BCUT2D eigenvalue weighted by molar-refractivity contribution is -0.155. The number of nitrogens with zero attached hydrogens (tertiary/aromatic N) is 1. The maximum atomic E-state index is 12.2. The molecule has 4 nitrogen and oxygen atoms in total. The van der Waals surface area contributed by atoms with Crippen LogP contribution in [0.5, 0.6) is 5.88 Å². The van der Waals surface area contributed by atoms with Gasteiger partial charge in [0.05, 0.1) is 6.07 Å². The minimum absolute atomic E-state index is 0.0546. The Labute approximate surface area is 89.5 Å². The lowest BCUT2D eigenvalue weighted by Gasteiger charge is -2.09. The van der Waals surface area contributed by atoms with Crippen molar-refractivity contribution in [2.45, 2.75) is 37.6 Å². The molecule has 2 atom stereocenters. The Morgan fingerprint density at radius 2 is 2.19 bits per heavy atom. The molecule has 7 heteroatoms. The van der Waals surface area contributed by atoms with Gasteiger partial charge in [0, 0.05) is 6.04 Å². The molecule has 1 heterocycles. The molecule has 1 aliphatic rings. The van der Waals surface area contributed by atoms with Crippen molar-refractivity contribution >= 4 is 0 Å². The highest BCUT2D eigenvalue weighted by Gasteiger charge is 2.37. The van der Waals surface area contributed by atoms with E-state index in [0.29, 0.717) is 6.42 Å². The molecule has 0 bridgehead atoms. The van der Waals surface area contributed by atoms with Crippen LogP contribution in [-0.4, -0.2) is 17.3 Å². The average Bonchev–Trinajstić information content (AvgIpc) is 2.74. The molecule has 0 aliphatic heterocycles. The fourth-order valence-electron chi connectivity index (χ4n) is 1.70. The van der Waals surface area contributed by atoms with Crippen LogP contribution in [0.3, 0.4) is 0 Å². The van der Waals surface area contributed by atoms with E-state index in [4.69, 9.17) is 10.5 Å². The molecule has 2 rings (SSSR count). The zero-order valence-corrected chi connectivity index (χ0v) is 8.33. The molecule has 1 saturated carbocycles. The summed E-state index contributed by atoms with van der Waals surface area (Å²) in [4.78, 5) is 0. The van der Waals surface area contributed by atoms with Crippen molar-refractivity contribution in [3.05, 3.63) is 11.8 Å². The molecule has 0 amide bonds. The molecule has 0 radical (unpaired) electrons. The number of hydrogen-bond acceptors (Lipinski definition) is 4. The van der Waals surface area contributed by atoms with E-state index in [9.17, 15) is 13.2 Å². The Hall–Kier alpha value is -1.24. The van der Waals surface area contributed by atoms with E-state index in [1.165, 1.54) is 0 Å². The minimum Gasteiger partial charge on any atom is -0.472 e. The van der Waals surface area contributed by atoms with Crippen LogP contribution < -0.4 is 10.5 Å². The summed E-state index contributed by atoms with van der Waals surface area (Å²) in [6.45, 7) is 0. The highest BCUT2D eigenvalue weighted by Crippen LogP contribution is 2.32. The Kier molecular flexibility index (Phi) is 2.79. The fourth-order valence-corrected chi connectivity index (χ4v) is 1.70. The Morgan fingerprint density at radius 3 is 2.69 bits per heavy atom. The number of rotatable bonds is 2. The molecular formula is C9H11F3N2O2. The van der Waals surface area contributed by atoms with Gasteiger partial charge in [-0.1, -0.05) is 0 Å². The molecule has 16 heavy (non-hydrogen) atoms. The zero-order valence-electron chi connectivity index (χ0n) is 8.33. The van der Waals surface area contributed by atoms with Crippen LogP contribution in [0.2, 0.25) is 0 Å². The molecule has 90 valence electrons. The molecule has 1 fully saturated rings. The molecule has 2 unspecified atom stereocenters. The van der Waals surface area contributed by atoms with E-state index in [1.807, 2.05) is 0 Å². The second-order valence-corrected chi connectivity index (χ2v) is 3.84. The summed E-state index contributed by atoms with van der Waals surface area (Å²) in [5, 5.41) is 3.21. The molecule has 0 aromatic carbocycles. The van der Waals surface area contributed by atoms with Crippen LogP contribution in [0.25, 0.3) is 0 Å². The van der Waals surface area contributed by atoms with Crippen LogP contribution in [0.15, 0.2) is 10.6 Å². The van der Waals surface area contributed by atoms with Crippen LogP contribution in [-0.2, 0) is 6.18 Å². The summed E-state index contributed by atoms with van der Waals surface area (Å²) >= 11 is 0. The van der Waals surface area contributed by atoms with Crippen LogP contribution >= 0.6 is 0 Å². The fraction of sp³-hybridized carbons (Fsp3) is 0.667. The van der Waals surface area contributed by atoms with Crippen LogP contribution in [0.4, 0.5) is 13.2 Å². The first-order chi connectivity index (χ1) is 7.45. The summed E-state index contributed by atoms with van der Waals surface area (Å²) in [6.07, 6.45) is -2.51. The highest BCUT2D eigenvalue weighted by molar-refractivity contribution is 5.13. The maximum Gasteiger partial charge on any atom is 0.452 e. The second kappa shape index (κ2) is 3.97. The largest absolute Gasteiger partial charge is 0.472 e. The summed E-state index contributed by atoms with van der Waals surface area (Å²) in [5.41, 5.74) is 5.65. The topological polar surface area (TPSA) is 61.3 Å². The monoisotopic (exact) mass is 236 g/mol. The summed E-state index contributed by atoms with van der Waals surface area (Å²) < 4.78 is 45.9. The Morgan fingerprint density at radius 1 is 1.44 bits per heavy atom. The molecule has 1 aliphatic carbocycles. The molecule has 1 aromatic heterocycles. The summed E-state index contributed by atoms with van der Waals surface area (Å²) in [7, 11) is 0. The number of halogens is 3. The van der Waals surface area contributed by atoms with Crippen molar-refractivity contribution in [3.8, 4) is 5.88 Å². The van der Waals surface area contributed by atoms with Crippen molar-refractivity contribution in [3.63, 3.8) is 0 Å². The van der Waals surface area contributed by atoms with Gasteiger partial charge < -0.3 is 15.0 Å². The number of ether oxygens (including phenoxy) is 1. The van der Waals surface area contributed by atoms with E-state index in [-0.39, 0.29) is 18.0 Å². The lowest BCUT2D eigenvalue weighted by atomic mass is 10.3. The predicted octanol–water partition coefficient (Wildman–Crippen LogP) is 1.95. The predicted molar refractivity (Wildman–Crippen MR) is 47.7 cm³/mol. The average molecular weight is 236 g/mol. The quantitative estimate of drug-likeness (QED) is 0.852.